The summed E-state index contributed by atoms with van der Waals surface area (Å²) in [5.74, 6) is 5.77. The molecule has 1 aliphatic rings. The monoisotopic (exact) mass is 253 g/mol. The van der Waals surface area contributed by atoms with Crippen LogP contribution in [0.1, 0.15) is 28.8 Å². The molecule has 6 heteroatoms. The second-order valence-corrected chi connectivity index (χ2v) is 4.61. The summed E-state index contributed by atoms with van der Waals surface area (Å²) >= 11 is 0. The Kier molecular flexibility index (Phi) is 4.00. The highest BCUT2D eigenvalue weighted by atomic mass is 16.5. The van der Waals surface area contributed by atoms with Gasteiger partial charge >= 0.3 is 5.91 Å². The number of nitrogen functional groups attached to an aromatic ring is 1. The SMILES string of the molecule is Cc1cc(CN2CCOC(C)C2)oc1C(=O)NN. The van der Waals surface area contributed by atoms with E-state index in [0.717, 1.165) is 31.0 Å². The maximum absolute atomic E-state index is 11.4. The van der Waals surface area contributed by atoms with Crippen LogP contribution in [0.3, 0.4) is 0 Å². The van der Waals surface area contributed by atoms with Crippen molar-refractivity contribution in [1.29, 1.82) is 0 Å². The van der Waals surface area contributed by atoms with E-state index in [0.29, 0.717) is 6.54 Å². The third-order valence-corrected chi connectivity index (χ3v) is 3.01. The van der Waals surface area contributed by atoms with Gasteiger partial charge in [-0.05, 0) is 19.9 Å². The lowest BCUT2D eigenvalue weighted by atomic mass is 10.2. The van der Waals surface area contributed by atoms with E-state index >= 15 is 0 Å². The van der Waals surface area contributed by atoms with Crippen LogP contribution >= 0.6 is 0 Å². The topological polar surface area (TPSA) is 80.7 Å². The van der Waals surface area contributed by atoms with Gasteiger partial charge in [0.05, 0.1) is 19.3 Å². The molecule has 0 spiro atoms. The Morgan fingerprint density at radius 1 is 1.67 bits per heavy atom. The molecule has 2 heterocycles. The molecule has 18 heavy (non-hydrogen) atoms. The van der Waals surface area contributed by atoms with Gasteiger partial charge in [0, 0.05) is 18.7 Å². The summed E-state index contributed by atoms with van der Waals surface area (Å²) in [6.45, 7) is 7.05. The van der Waals surface area contributed by atoms with Crippen LogP contribution in [0.4, 0.5) is 0 Å². The molecule has 1 aromatic rings. The second-order valence-electron chi connectivity index (χ2n) is 4.61. The van der Waals surface area contributed by atoms with Crippen molar-refractivity contribution in [3.63, 3.8) is 0 Å². The zero-order valence-corrected chi connectivity index (χ0v) is 10.7. The Morgan fingerprint density at radius 3 is 3.11 bits per heavy atom. The summed E-state index contributed by atoms with van der Waals surface area (Å²) < 4.78 is 11.0. The molecule has 0 radical (unpaired) electrons. The summed E-state index contributed by atoms with van der Waals surface area (Å²) in [6, 6.07) is 1.88. The first-order valence-electron chi connectivity index (χ1n) is 6.04. The minimum atomic E-state index is -0.394. The number of carbonyl (C=O) groups excluding carboxylic acids is 1. The first kappa shape index (κ1) is 13.1. The van der Waals surface area contributed by atoms with E-state index < -0.39 is 5.91 Å². The molecule has 1 unspecified atom stereocenters. The Bertz CT molecular complexity index is 430. The Balaban J connectivity index is 2.03. The fourth-order valence-corrected chi connectivity index (χ4v) is 2.17. The van der Waals surface area contributed by atoms with Crippen molar-refractivity contribution in [2.24, 2.45) is 5.84 Å². The summed E-state index contributed by atoms with van der Waals surface area (Å²) in [5, 5.41) is 0. The van der Waals surface area contributed by atoms with Crippen molar-refractivity contribution in [2.75, 3.05) is 19.7 Å². The highest BCUT2D eigenvalue weighted by molar-refractivity contribution is 5.92. The fourth-order valence-electron chi connectivity index (χ4n) is 2.17. The standard InChI is InChI=1S/C12H19N3O3/c1-8-5-10(18-11(8)12(16)14-13)7-15-3-4-17-9(2)6-15/h5,9H,3-4,6-7,13H2,1-2H3,(H,14,16). The lowest BCUT2D eigenvalue weighted by Gasteiger charge is -2.30. The molecule has 1 amide bonds. The van der Waals surface area contributed by atoms with E-state index in [1.54, 1.807) is 0 Å². The van der Waals surface area contributed by atoms with Crippen molar-refractivity contribution < 1.29 is 13.9 Å². The first-order valence-corrected chi connectivity index (χ1v) is 6.04. The molecule has 100 valence electrons. The lowest BCUT2D eigenvalue weighted by molar-refractivity contribution is -0.0231. The molecule has 0 saturated carbocycles. The zero-order valence-electron chi connectivity index (χ0n) is 10.7. The predicted molar refractivity (Wildman–Crippen MR) is 65.8 cm³/mol. The van der Waals surface area contributed by atoms with E-state index in [9.17, 15) is 4.79 Å². The number of nitrogens with two attached hydrogens (primary N) is 1. The number of hydrogen-bond donors (Lipinski definition) is 2. The Labute approximate surface area is 106 Å². The third-order valence-electron chi connectivity index (χ3n) is 3.01. The molecule has 0 aromatic carbocycles. The Morgan fingerprint density at radius 2 is 2.44 bits per heavy atom. The number of amides is 1. The number of rotatable bonds is 3. The molecule has 0 bridgehead atoms. The predicted octanol–water partition coefficient (Wildman–Crippen LogP) is 0.412. The molecule has 1 saturated heterocycles. The van der Waals surface area contributed by atoms with Crippen LogP contribution < -0.4 is 11.3 Å². The summed E-state index contributed by atoms with van der Waals surface area (Å²) in [7, 11) is 0. The highest BCUT2D eigenvalue weighted by Crippen LogP contribution is 2.17. The van der Waals surface area contributed by atoms with E-state index in [4.69, 9.17) is 15.0 Å². The highest BCUT2D eigenvalue weighted by Gasteiger charge is 2.20. The van der Waals surface area contributed by atoms with Crippen LogP contribution in [0.15, 0.2) is 10.5 Å². The van der Waals surface area contributed by atoms with E-state index in [-0.39, 0.29) is 11.9 Å². The van der Waals surface area contributed by atoms with Crippen LogP contribution in [-0.4, -0.2) is 36.6 Å². The molecule has 1 fully saturated rings. The zero-order chi connectivity index (χ0) is 13.1. The van der Waals surface area contributed by atoms with Crippen molar-refractivity contribution in [1.82, 2.24) is 10.3 Å². The number of morpholine rings is 1. The number of hydrogen-bond acceptors (Lipinski definition) is 5. The van der Waals surface area contributed by atoms with Gasteiger partial charge in [0.1, 0.15) is 5.76 Å². The maximum Gasteiger partial charge on any atom is 0.301 e. The minimum absolute atomic E-state index is 0.238. The number of hydrazine groups is 1. The van der Waals surface area contributed by atoms with Gasteiger partial charge in [-0.2, -0.15) is 0 Å². The molecule has 6 nitrogen and oxygen atoms in total. The normalized spacial score (nSPS) is 20.9. The molecule has 2 rings (SSSR count). The minimum Gasteiger partial charge on any atom is -0.454 e. The molecular weight excluding hydrogens is 234 g/mol. The summed E-state index contributed by atoms with van der Waals surface area (Å²) in [5.41, 5.74) is 2.88. The summed E-state index contributed by atoms with van der Waals surface area (Å²) in [4.78, 5) is 13.7. The van der Waals surface area contributed by atoms with Gasteiger partial charge in [-0.1, -0.05) is 0 Å². The van der Waals surface area contributed by atoms with E-state index in [2.05, 4.69) is 10.3 Å². The Hall–Kier alpha value is -1.37. The third kappa shape index (κ3) is 2.90. The fraction of sp³-hybridized carbons (Fsp3) is 0.583. The number of carbonyl (C=O) groups is 1. The van der Waals surface area contributed by atoms with Crippen molar-refractivity contribution >= 4 is 5.91 Å². The lowest BCUT2D eigenvalue weighted by Crippen LogP contribution is -2.40. The number of ether oxygens (including phenoxy) is 1. The van der Waals surface area contributed by atoms with Crippen LogP contribution in [0.5, 0.6) is 0 Å². The maximum atomic E-state index is 11.4. The van der Waals surface area contributed by atoms with Crippen LogP contribution in [0.25, 0.3) is 0 Å². The quantitative estimate of drug-likeness (QED) is 0.463. The number of aryl methyl sites for hydroxylation is 1. The van der Waals surface area contributed by atoms with E-state index in [1.165, 1.54) is 0 Å². The molecular formula is C12H19N3O3. The largest absolute Gasteiger partial charge is 0.454 e. The van der Waals surface area contributed by atoms with Gasteiger partial charge in [0.25, 0.3) is 0 Å². The van der Waals surface area contributed by atoms with Crippen molar-refractivity contribution in [3.8, 4) is 0 Å². The van der Waals surface area contributed by atoms with Crippen molar-refractivity contribution in [3.05, 3.63) is 23.2 Å². The number of nitrogens with one attached hydrogen (secondary N) is 1. The van der Waals surface area contributed by atoms with Crippen LogP contribution in [0, 0.1) is 6.92 Å². The van der Waals surface area contributed by atoms with Gasteiger partial charge in [-0.25, -0.2) is 5.84 Å². The van der Waals surface area contributed by atoms with Gasteiger partial charge in [-0.15, -0.1) is 0 Å². The van der Waals surface area contributed by atoms with Gasteiger partial charge in [0.15, 0.2) is 5.76 Å². The van der Waals surface area contributed by atoms with Gasteiger partial charge in [-0.3, -0.25) is 15.1 Å². The number of furan rings is 1. The second kappa shape index (κ2) is 5.51. The molecule has 1 aromatic heterocycles. The van der Waals surface area contributed by atoms with Gasteiger partial charge in [0.2, 0.25) is 0 Å². The molecule has 0 aliphatic carbocycles. The molecule has 1 aliphatic heterocycles. The van der Waals surface area contributed by atoms with E-state index in [1.807, 2.05) is 19.9 Å². The average Bonchev–Trinajstić information content (AvgIpc) is 2.69. The smallest absolute Gasteiger partial charge is 0.301 e. The molecule has 1 atom stereocenters. The molecule has 3 N–H and O–H groups in total. The average molecular weight is 253 g/mol. The van der Waals surface area contributed by atoms with Gasteiger partial charge < -0.3 is 9.15 Å². The first-order chi connectivity index (χ1) is 8.60. The van der Waals surface area contributed by atoms with Crippen LogP contribution in [0.2, 0.25) is 0 Å². The summed E-state index contributed by atoms with van der Waals surface area (Å²) in [6.07, 6.45) is 0.238. The van der Waals surface area contributed by atoms with Crippen molar-refractivity contribution in [2.45, 2.75) is 26.5 Å². The van der Waals surface area contributed by atoms with Crippen LogP contribution in [-0.2, 0) is 11.3 Å². The number of nitrogens with zero attached hydrogens (tertiary/aromatic N) is 1.